The van der Waals surface area contributed by atoms with Crippen molar-refractivity contribution in [2.75, 3.05) is 5.32 Å². The van der Waals surface area contributed by atoms with E-state index in [1.807, 2.05) is 65.3 Å². The number of aryl methyl sites for hydroxylation is 1. The number of allylic oxidation sites excluding steroid dienone is 1. The molecule has 2 heterocycles. The minimum Gasteiger partial charge on any atom is -0.324 e. The number of halogens is 2. The fourth-order valence-corrected chi connectivity index (χ4v) is 3.93. The van der Waals surface area contributed by atoms with Crippen LogP contribution in [-0.2, 0) is 0 Å². The third-order valence-corrected chi connectivity index (χ3v) is 5.75. The molecule has 5 rings (SSSR count). The average Bonchev–Trinajstić information content (AvgIpc) is 3.19. The fraction of sp³-hybridized carbons (Fsp3) is 0.0833. The van der Waals surface area contributed by atoms with Gasteiger partial charge in [0, 0.05) is 21.3 Å². The normalized spacial score (nSPS) is 15.3. The van der Waals surface area contributed by atoms with Gasteiger partial charge in [-0.2, -0.15) is 4.98 Å². The summed E-state index contributed by atoms with van der Waals surface area (Å²) in [5.74, 6) is 1.34. The topological polar surface area (TPSA) is 42.7 Å². The van der Waals surface area contributed by atoms with Crippen molar-refractivity contribution in [3.8, 4) is 11.4 Å². The predicted molar refractivity (Wildman–Crippen MR) is 123 cm³/mol. The van der Waals surface area contributed by atoms with Gasteiger partial charge in [0.05, 0.1) is 0 Å². The molecule has 1 aliphatic rings. The molecule has 1 atom stereocenters. The number of rotatable bonds is 3. The summed E-state index contributed by atoms with van der Waals surface area (Å²) in [6.07, 6.45) is 2.12. The molecule has 4 aromatic rings. The molecule has 0 radical (unpaired) electrons. The van der Waals surface area contributed by atoms with Crippen LogP contribution in [-0.4, -0.2) is 14.8 Å². The standard InChI is InChI=1S/C24H18Cl2N4/c1-15-6-8-17(9-7-15)23-28-24-27-21(16-10-12-18(25)13-11-16)14-22(30(24)29-23)19-4-2-3-5-20(19)26/h2-14,22H,1H3,(H,27,28,29). The maximum atomic E-state index is 6.55. The molecule has 0 aliphatic carbocycles. The second kappa shape index (κ2) is 7.63. The first-order valence-corrected chi connectivity index (χ1v) is 10.4. The minimum absolute atomic E-state index is 0.188. The largest absolute Gasteiger partial charge is 0.324 e. The van der Waals surface area contributed by atoms with Gasteiger partial charge < -0.3 is 5.32 Å². The van der Waals surface area contributed by atoms with Crippen molar-refractivity contribution in [2.45, 2.75) is 13.0 Å². The number of aromatic nitrogens is 3. The highest BCUT2D eigenvalue weighted by Gasteiger charge is 2.26. The summed E-state index contributed by atoms with van der Waals surface area (Å²) in [6, 6.07) is 23.6. The molecule has 1 unspecified atom stereocenters. The molecule has 1 aliphatic heterocycles. The van der Waals surface area contributed by atoms with Crippen LogP contribution in [0.4, 0.5) is 5.95 Å². The van der Waals surface area contributed by atoms with E-state index in [1.165, 1.54) is 5.56 Å². The molecular weight excluding hydrogens is 415 g/mol. The van der Waals surface area contributed by atoms with E-state index in [1.54, 1.807) is 0 Å². The van der Waals surface area contributed by atoms with Gasteiger partial charge in [0.2, 0.25) is 5.95 Å². The quantitative estimate of drug-likeness (QED) is 0.395. The van der Waals surface area contributed by atoms with Crippen molar-refractivity contribution in [1.82, 2.24) is 14.8 Å². The fourth-order valence-electron chi connectivity index (χ4n) is 3.55. The van der Waals surface area contributed by atoms with E-state index in [9.17, 15) is 0 Å². The van der Waals surface area contributed by atoms with Crippen molar-refractivity contribution < 1.29 is 0 Å². The van der Waals surface area contributed by atoms with Gasteiger partial charge in [-0.25, -0.2) is 4.68 Å². The number of hydrogen-bond donors (Lipinski definition) is 1. The van der Waals surface area contributed by atoms with E-state index >= 15 is 0 Å². The van der Waals surface area contributed by atoms with E-state index in [2.05, 4.69) is 30.4 Å². The molecular formula is C24H18Cl2N4. The summed E-state index contributed by atoms with van der Waals surface area (Å²) in [4.78, 5) is 4.78. The number of hydrogen-bond acceptors (Lipinski definition) is 3. The first-order valence-electron chi connectivity index (χ1n) is 9.61. The van der Waals surface area contributed by atoms with Crippen LogP contribution in [0.2, 0.25) is 10.0 Å². The van der Waals surface area contributed by atoms with Crippen LogP contribution in [0.5, 0.6) is 0 Å². The molecule has 3 aromatic carbocycles. The SMILES string of the molecule is Cc1ccc(-c2nc3n(n2)C(c2ccccc2Cl)C=C(c2ccc(Cl)cc2)N3)cc1. The summed E-state index contributed by atoms with van der Waals surface area (Å²) in [7, 11) is 0. The summed E-state index contributed by atoms with van der Waals surface area (Å²) in [6.45, 7) is 2.06. The van der Waals surface area contributed by atoms with Crippen molar-refractivity contribution in [3.63, 3.8) is 0 Å². The van der Waals surface area contributed by atoms with Crippen molar-refractivity contribution in [3.05, 3.63) is 106 Å². The van der Waals surface area contributed by atoms with E-state index in [0.29, 0.717) is 21.8 Å². The van der Waals surface area contributed by atoms with Crippen molar-refractivity contribution in [1.29, 1.82) is 0 Å². The van der Waals surface area contributed by atoms with Gasteiger partial charge in [0.1, 0.15) is 6.04 Å². The van der Waals surface area contributed by atoms with E-state index < -0.39 is 0 Å². The zero-order valence-electron chi connectivity index (χ0n) is 16.2. The Morgan fingerprint density at radius 1 is 0.867 bits per heavy atom. The number of nitrogens with zero attached hydrogens (tertiary/aromatic N) is 3. The molecule has 148 valence electrons. The van der Waals surface area contributed by atoms with Crippen LogP contribution in [0.1, 0.15) is 22.7 Å². The first-order chi connectivity index (χ1) is 14.6. The Morgan fingerprint density at radius 3 is 2.30 bits per heavy atom. The zero-order valence-corrected chi connectivity index (χ0v) is 17.7. The summed E-state index contributed by atoms with van der Waals surface area (Å²) in [5.41, 5.74) is 5.08. The lowest BCUT2D eigenvalue weighted by Crippen LogP contribution is -2.20. The Kier molecular flexibility index (Phi) is 4.81. The van der Waals surface area contributed by atoms with Crippen LogP contribution in [0.25, 0.3) is 17.1 Å². The maximum Gasteiger partial charge on any atom is 0.227 e. The molecule has 6 heteroatoms. The van der Waals surface area contributed by atoms with Gasteiger partial charge in [0.25, 0.3) is 0 Å². The third-order valence-electron chi connectivity index (χ3n) is 5.15. The first kappa shape index (κ1) is 18.9. The van der Waals surface area contributed by atoms with Crippen LogP contribution < -0.4 is 5.32 Å². The number of anilines is 1. The highest BCUT2D eigenvalue weighted by Crippen LogP contribution is 2.36. The zero-order chi connectivity index (χ0) is 20.7. The predicted octanol–water partition coefficient (Wildman–Crippen LogP) is 6.62. The minimum atomic E-state index is -0.188. The highest BCUT2D eigenvalue weighted by molar-refractivity contribution is 6.31. The average molecular weight is 433 g/mol. The van der Waals surface area contributed by atoms with Gasteiger partial charge in [0.15, 0.2) is 5.82 Å². The summed E-state index contributed by atoms with van der Waals surface area (Å²) < 4.78 is 1.88. The highest BCUT2D eigenvalue weighted by atomic mass is 35.5. The van der Waals surface area contributed by atoms with Crippen molar-refractivity contribution in [2.24, 2.45) is 0 Å². The molecule has 30 heavy (non-hydrogen) atoms. The van der Waals surface area contributed by atoms with Crippen LogP contribution >= 0.6 is 23.2 Å². The van der Waals surface area contributed by atoms with E-state index in [4.69, 9.17) is 33.3 Å². The smallest absolute Gasteiger partial charge is 0.227 e. The number of nitrogens with one attached hydrogen (secondary N) is 1. The Bertz CT molecular complexity index is 1240. The number of fused-ring (bicyclic) bond motifs is 1. The van der Waals surface area contributed by atoms with Crippen LogP contribution in [0.3, 0.4) is 0 Å². The Labute approximate surface area is 184 Å². The monoisotopic (exact) mass is 432 g/mol. The summed E-state index contributed by atoms with van der Waals surface area (Å²) >= 11 is 12.6. The Hall–Kier alpha value is -3.08. The van der Waals surface area contributed by atoms with Crippen LogP contribution in [0.15, 0.2) is 78.9 Å². The molecule has 4 nitrogen and oxygen atoms in total. The molecule has 0 spiro atoms. The molecule has 0 amide bonds. The van der Waals surface area contributed by atoms with Gasteiger partial charge in [-0.15, -0.1) is 5.10 Å². The molecule has 0 saturated carbocycles. The Morgan fingerprint density at radius 2 is 1.57 bits per heavy atom. The molecule has 1 N–H and O–H groups in total. The molecule has 0 fully saturated rings. The lowest BCUT2D eigenvalue weighted by molar-refractivity contribution is 0.613. The van der Waals surface area contributed by atoms with Gasteiger partial charge >= 0.3 is 0 Å². The number of benzene rings is 3. The molecule has 0 saturated heterocycles. The van der Waals surface area contributed by atoms with Gasteiger partial charge in [-0.1, -0.05) is 83.4 Å². The lowest BCUT2D eigenvalue weighted by Gasteiger charge is -2.25. The molecule has 0 bridgehead atoms. The van der Waals surface area contributed by atoms with Gasteiger partial charge in [-0.05, 0) is 42.3 Å². The van der Waals surface area contributed by atoms with E-state index in [0.717, 1.165) is 22.4 Å². The van der Waals surface area contributed by atoms with Crippen molar-refractivity contribution >= 4 is 34.8 Å². The maximum absolute atomic E-state index is 6.55. The van der Waals surface area contributed by atoms with E-state index in [-0.39, 0.29) is 6.04 Å². The van der Waals surface area contributed by atoms with Gasteiger partial charge in [-0.3, -0.25) is 0 Å². The molecule has 1 aromatic heterocycles. The Balaban J connectivity index is 1.64. The lowest BCUT2D eigenvalue weighted by atomic mass is 10.0. The van der Waals surface area contributed by atoms with Crippen LogP contribution in [0, 0.1) is 6.92 Å². The third kappa shape index (κ3) is 3.49. The second-order valence-corrected chi connectivity index (χ2v) is 8.09. The summed E-state index contributed by atoms with van der Waals surface area (Å²) in [5, 5.41) is 9.61. The second-order valence-electron chi connectivity index (χ2n) is 7.25.